The standard InChI is InChI=1S/C22H24N4O2/c1-14-11-17(12-15(2)18(14)9-10-27)21-23-24-22(28-21)19-13-20(26(3)25-19)16-7-5-4-6-8-16/h5,7-8,10-14,18H,4,6,9H2,1-3H3. The van der Waals surface area contributed by atoms with E-state index in [1.165, 1.54) is 0 Å². The fraction of sp³-hybridized carbons (Fsp3) is 0.364. The lowest BCUT2D eigenvalue weighted by Gasteiger charge is -2.24. The molecule has 2 aromatic rings. The van der Waals surface area contributed by atoms with Gasteiger partial charge in [0.05, 0.1) is 5.69 Å². The van der Waals surface area contributed by atoms with Gasteiger partial charge in [-0.05, 0) is 43.2 Å². The number of carbonyl (C=O) groups excluding carboxylic acids is 1. The molecular weight excluding hydrogens is 352 g/mol. The Labute approximate surface area is 164 Å². The summed E-state index contributed by atoms with van der Waals surface area (Å²) in [5.74, 6) is 1.37. The van der Waals surface area contributed by atoms with Gasteiger partial charge >= 0.3 is 0 Å². The van der Waals surface area contributed by atoms with Crippen LogP contribution in [0.5, 0.6) is 0 Å². The third kappa shape index (κ3) is 3.42. The van der Waals surface area contributed by atoms with Crippen molar-refractivity contribution in [2.75, 3.05) is 0 Å². The van der Waals surface area contributed by atoms with Crippen molar-refractivity contribution < 1.29 is 9.21 Å². The topological polar surface area (TPSA) is 73.8 Å². The summed E-state index contributed by atoms with van der Waals surface area (Å²) in [7, 11) is 1.92. The van der Waals surface area contributed by atoms with Gasteiger partial charge in [0.15, 0.2) is 0 Å². The van der Waals surface area contributed by atoms with Crippen molar-refractivity contribution in [2.45, 2.75) is 33.1 Å². The zero-order chi connectivity index (χ0) is 19.7. The van der Waals surface area contributed by atoms with Crippen molar-refractivity contribution in [1.82, 2.24) is 20.0 Å². The Hall–Kier alpha value is -3.02. The lowest BCUT2D eigenvalue weighted by Crippen LogP contribution is -2.15. The first-order valence-electron chi connectivity index (χ1n) is 9.66. The second kappa shape index (κ2) is 7.54. The van der Waals surface area contributed by atoms with Gasteiger partial charge in [0, 0.05) is 19.0 Å². The van der Waals surface area contributed by atoms with Crippen LogP contribution in [0.3, 0.4) is 0 Å². The predicted molar refractivity (Wildman–Crippen MR) is 108 cm³/mol. The number of carbonyl (C=O) groups is 1. The molecule has 144 valence electrons. The normalized spacial score (nSPS) is 21.9. The average Bonchev–Trinajstić information content (AvgIpc) is 3.32. The summed E-state index contributed by atoms with van der Waals surface area (Å²) in [4.78, 5) is 10.9. The number of aromatic nitrogens is 4. The summed E-state index contributed by atoms with van der Waals surface area (Å²) < 4.78 is 7.78. The van der Waals surface area contributed by atoms with E-state index in [-0.39, 0.29) is 11.8 Å². The number of aldehydes is 1. The lowest BCUT2D eigenvalue weighted by atomic mass is 9.80. The highest BCUT2D eigenvalue weighted by atomic mass is 16.4. The second-order valence-corrected chi connectivity index (χ2v) is 7.47. The lowest BCUT2D eigenvalue weighted by molar-refractivity contribution is -0.108. The minimum absolute atomic E-state index is 0.235. The summed E-state index contributed by atoms with van der Waals surface area (Å²) >= 11 is 0. The van der Waals surface area contributed by atoms with E-state index < -0.39 is 0 Å². The fourth-order valence-corrected chi connectivity index (χ4v) is 3.94. The number of nitrogens with zero attached hydrogens (tertiary/aromatic N) is 4. The van der Waals surface area contributed by atoms with E-state index in [1.807, 2.05) is 30.8 Å². The van der Waals surface area contributed by atoms with E-state index in [1.54, 1.807) is 0 Å². The molecule has 0 spiro atoms. The molecule has 6 nitrogen and oxygen atoms in total. The molecular formula is C22H24N4O2. The molecule has 2 aliphatic carbocycles. The molecule has 0 fully saturated rings. The van der Waals surface area contributed by atoms with Gasteiger partial charge in [-0.15, -0.1) is 10.2 Å². The van der Waals surface area contributed by atoms with Crippen LogP contribution in [0.2, 0.25) is 0 Å². The Morgan fingerprint density at radius 1 is 1.25 bits per heavy atom. The molecule has 0 bridgehead atoms. The zero-order valence-corrected chi connectivity index (χ0v) is 16.4. The van der Waals surface area contributed by atoms with E-state index in [0.717, 1.165) is 41.5 Å². The summed E-state index contributed by atoms with van der Waals surface area (Å²) in [5, 5.41) is 13.0. The molecule has 2 unspecified atom stereocenters. The molecule has 4 rings (SSSR count). The number of hydrogen-bond acceptors (Lipinski definition) is 5. The maximum Gasteiger partial charge on any atom is 0.268 e. The van der Waals surface area contributed by atoms with Gasteiger partial charge in [-0.2, -0.15) is 5.10 Å². The number of rotatable bonds is 5. The van der Waals surface area contributed by atoms with Gasteiger partial charge in [0.1, 0.15) is 12.0 Å². The molecule has 0 aromatic carbocycles. The van der Waals surface area contributed by atoms with Gasteiger partial charge in [-0.1, -0.05) is 42.9 Å². The van der Waals surface area contributed by atoms with Crippen LogP contribution in [0.15, 0.2) is 46.4 Å². The van der Waals surface area contributed by atoms with E-state index in [0.29, 0.717) is 23.9 Å². The van der Waals surface area contributed by atoms with E-state index >= 15 is 0 Å². The van der Waals surface area contributed by atoms with Gasteiger partial charge in [-0.25, -0.2) is 0 Å². The van der Waals surface area contributed by atoms with Crippen LogP contribution < -0.4 is 0 Å². The summed E-state index contributed by atoms with van der Waals surface area (Å²) in [6, 6.07) is 1.98. The highest BCUT2D eigenvalue weighted by Crippen LogP contribution is 2.35. The van der Waals surface area contributed by atoms with Crippen LogP contribution in [0.4, 0.5) is 0 Å². The van der Waals surface area contributed by atoms with E-state index in [4.69, 9.17) is 4.42 Å². The minimum atomic E-state index is 0.235. The zero-order valence-electron chi connectivity index (χ0n) is 16.4. The average molecular weight is 376 g/mol. The maximum absolute atomic E-state index is 10.9. The molecule has 0 amide bonds. The summed E-state index contributed by atoms with van der Waals surface area (Å²) in [6.07, 6.45) is 14.3. The van der Waals surface area contributed by atoms with Crippen molar-refractivity contribution >= 4 is 17.4 Å². The fourth-order valence-electron chi connectivity index (χ4n) is 3.94. The number of allylic oxidation sites excluding steroid dienone is 8. The predicted octanol–water partition coefficient (Wildman–Crippen LogP) is 4.39. The monoisotopic (exact) mass is 376 g/mol. The van der Waals surface area contributed by atoms with E-state index in [9.17, 15) is 4.79 Å². The molecule has 0 aliphatic heterocycles. The molecule has 0 saturated carbocycles. The first-order chi connectivity index (χ1) is 13.6. The maximum atomic E-state index is 10.9. The SMILES string of the molecule is CC1=CC(c2nnc(-c3cc(C4=CCCC=C4)n(C)n3)o2)=CC(C)C1CC=O. The van der Waals surface area contributed by atoms with Gasteiger partial charge in [-0.3, -0.25) is 4.68 Å². The minimum Gasteiger partial charge on any atom is -0.415 e. The summed E-state index contributed by atoms with van der Waals surface area (Å²) in [5.41, 5.74) is 4.92. The summed E-state index contributed by atoms with van der Waals surface area (Å²) in [6.45, 7) is 4.16. The molecule has 2 atom stereocenters. The Bertz CT molecular complexity index is 1020. The Morgan fingerprint density at radius 2 is 2.07 bits per heavy atom. The molecule has 0 saturated heterocycles. The Balaban J connectivity index is 1.61. The van der Waals surface area contributed by atoms with Gasteiger partial charge in [0.25, 0.3) is 5.89 Å². The van der Waals surface area contributed by atoms with E-state index in [2.05, 4.69) is 46.5 Å². The molecule has 0 radical (unpaired) electrons. The number of hydrogen-bond donors (Lipinski definition) is 0. The first kappa shape index (κ1) is 18.3. The van der Waals surface area contributed by atoms with Crippen LogP contribution >= 0.6 is 0 Å². The molecule has 2 heterocycles. The first-order valence-corrected chi connectivity index (χ1v) is 9.66. The Morgan fingerprint density at radius 3 is 2.79 bits per heavy atom. The third-order valence-corrected chi connectivity index (χ3v) is 5.46. The van der Waals surface area contributed by atoms with Crippen molar-refractivity contribution in [2.24, 2.45) is 18.9 Å². The van der Waals surface area contributed by atoms with Crippen LogP contribution in [0.1, 0.15) is 44.7 Å². The largest absolute Gasteiger partial charge is 0.415 e. The smallest absolute Gasteiger partial charge is 0.268 e. The highest BCUT2D eigenvalue weighted by molar-refractivity contribution is 5.75. The van der Waals surface area contributed by atoms with Crippen LogP contribution in [0.25, 0.3) is 22.7 Å². The van der Waals surface area contributed by atoms with Crippen LogP contribution in [0, 0.1) is 11.8 Å². The molecule has 0 N–H and O–H groups in total. The highest BCUT2D eigenvalue weighted by Gasteiger charge is 2.24. The van der Waals surface area contributed by atoms with Crippen LogP contribution in [-0.2, 0) is 11.8 Å². The molecule has 2 aliphatic rings. The second-order valence-electron chi connectivity index (χ2n) is 7.47. The van der Waals surface area contributed by atoms with Gasteiger partial charge < -0.3 is 9.21 Å². The Kier molecular flexibility index (Phi) is 4.94. The van der Waals surface area contributed by atoms with Gasteiger partial charge in [0.2, 0.25) is 5.89 Å². The quantitative estimate of drug-likeness (QED) is 0.724. The number of aryl methyl sites for hydroxylation is 1. The molecule has 6 heteroatoms. The third-order valence-electron chi connectivity index (χ3n) is 5.46. The van der Waals surface area contributed by atoms with Crippen molar-refractivity contribution in [3.63, 3.8) is 0 Å². The van der Waals surface area contributed by atoms with Crippen molar-refractivity contribution in [1.29, 1.82) is 0 Å². The van der Waals surface area contributed by atoms with Crippen LogP contribution in [-0.4, -0.2) is 26.3 Å². The molecule has 2 aromatic heterocycles. The molecule has 28 heavy (non-hydrogen) atoms. The van der Waals surface area contributed by atoms with Crippen molar-refractivity contribution in [3.05, 3.63) is 53.6 Å². The van der Waals surface area contributed by atoms with Crippen molar-refractivity contribution in [3.8, 4) is 11.6 Å².